The van der Waals surface area contributed by atoms with E-state index in [2.05, 4.69) is 52.1 Å². The summed E-state index contributed by atoms with van der Waals surface area (Å²) in [6.45, 7) is 3.23. The van der Waals surface area contributed by atoms with E-state index in [1.807, 2.05) is 36.8 Å². The number of hydrogen-bond donors (Lipinski definition) is 2. The van der Waals surface area contributed by atoms with Crippen molar-refractivity contribution in [2.75, 3.05) is 13.1 Å². The second-order valence-corrected chi connectivity index (χ2v) is 9.13. The van der Waals surface area contributed by atoms with Crippen molar-refractivity contribution in [3.05, 3.63) is 73.1 Å². The highest BCUT2D eigenvalue weighted by Crippen LogP contribution is 2.31. The maximum atomic E-state index is 4.76. The van der Waals surface area contributed by atoms with Gasteiger partial charge in [-0.1, -0.05) is 0 Å². The molecule has 0 radical (unpaired) electrons. The van der Waals surface area contributed by atoms with Crippen molar-refractivity contribution >= 4 is 22.1 Å². The van der Waals surface area contributed by atoms with E-state index in [9.17, 15) is 0 Å². The quantitative estimate of drug-likeness (QED) is 0.376. The summed E-state index contributed by atoms with van der Waals surface area (Å²) in [6, 6.07) is 10.2. The molecule has 1 fully saturated rings. The molecule has 0 aliphatic carbocycles. The molecule has 6 aromatic heterocycles. The van der Waals surface area contributed by atoms with Crippen LogP contribution in [0.1, 0.15) is 18.4 Å². The van der Waals surface area contributed by atoms with E-state index in [1.54, 1.807) is 18.6 Å². The monoisotopic (exact) mass is 473 g/mol. The molecule has 9 heteroatoms. The summed E-state index contributed by atoms with van der Waals surface area (Å²) >= 11 is 0. The second kappa shape index (κ2) is 8.62. The summed E-state index contributed by atoms with van der Waals surface area (Å²) in [5, 5.41) is 8.60. The third-order valence-electron chi connectivity index (χ3n) is 6.75. The molecule has 0 saturated carbocycles. The lowest BCUT2D eigenvalue weighted by molar-refractivity contribution is 0.331. The molecule has 6 aromatic rings. The van der Waals surface area contributed by atoms with Gasteiger partial charge < -0.3 is 4.98 Å². The van der Waals surface area contributed by atoms with Crippen LogP contribution in [0.4, 0.5) is 0 Å². The topological polar surface area (TPSA) is 112 Å². The van der Waals surface area contributed by atoms with Gasteiger partial charge in [0.05, 0.1) is 22.9 Å². The largest absolute Gasteiger partial charge is 0.335 e. The number of fused-ring (bicyclic) bond motifs is 2. The van der Waals surface area contributed by atoms with Crippen molar-refractivity contribution in [1.29, 1.82) is 0 Å². The Labute approximate surface area is 206 Å². The first-order valence-corrected chi connectivity index (χ1v) is 12.1. The van der Waals surface area contributed by atoms with Crippen LogP contribution in [0, 0.1) is 0 Å². The molecule has 2 N–H and O–H groups in total. The number of H-pyrrole nitrogens is 2. The van der Waals surface area contributed by atoms with E-state index in [0.717, 1.165) is 64.1 Å². The molecular formula is C27H23N9. The average Bonchev–Trinajstić information content (AvgIpc) is 3.68. The van der Waals surface area contributed by atoms with E-state index in [1.165, 1.54) is 18.4 Å². The van der Waals surface area contributed by atoms with Gasteiger partial charge in [-0.3, -0.25) is 25.0 Å². The van der Waals surface area contributed by atoms with Crippen LogP contribution in [0.5, 0.6) is 0 Å². The van der Waals surface area contributed by atoms with Crippen molar-refractivity contribution in [3.63, 3.8) is 0 Å². The summed E-state index contributed by atoms with van der Waals surface area (Å²) < 4.78 is 0. The van der Waals surface area contributed by atoms with E-state index in [-0.39, 0.29) is 0 Å². The highest BCUT2D eigenvalue weighted by molar-refractivity contribution is 5.96. The van der Waals surface area contributed by atoms with Gasteiger partial charge in [0.2, 0.25) is 0 Å². The Balaban J connectivity index is 1.28. The molecule has 0 amide bonds. The first-order chi connectivity index (χ1) is 17.8. The number of aromatic amines is 2. The van der Waals surface area contributed by atoms with Crippen LogP contribution in [-0.2, 0) is 6.54 Å². The van der Waals surface area contributed by atoms with Gasteiger partial charge in [-0.05, 0) is 67.4 Å². The van der Waals surface area contributed by atoms with Gasteiger partial charge in [-0.25, -0.2) is 9.97 Å². The Morgan fingerprint density at radius 1 is 0.861 bits per heavy atom. The van der Waals surface area contributed by atoms with Crippen LogP contribution >= 0.6 is 0 Å². The third kappa shape index (κ3) is 3.70. The maximum Gasteiger partial charge on any atom is 0.178 e. The SMILES string of the molecule is c1cc(-c2ccnc3nc(-c4n[nH]c5cnc(-c6cncc(CN7CCCC7)c6)cc45)[nH]c23)ccn1. The molecule has 7 heterocycles. The molecule has 176 valence electrons. The molecule has 1 aliphatic rings. The van der Waals surface area contributed by atoms with Crippen molar-refractivity contribution in [3.8, 4) is 33.9 Å². The number of nitrogens with zero attached hydrogens (tertiary/aromatic N) is 7. The van der Waals surface area contributed by atoms with Gasteiger partial charge in [0, 0.05) is 54.0 Å². The Kier molecular flexibility index (Phi) is 4.99. The van der Waals surface area contributed by atoms with E-state index < -0.39 is 0 Å². The third-order valence-corrected chi connectivity index (χ3v) is 6.75. The molecule has 0 unspecified atom stereocenters. The summed E-state index contributed by atoms with van der Waals surface area (Å²) in [5.74, 6) is 0.656. The minimum absolute atomic E-state index is 0.642. The van der Waals surface area contributed by atoms with E-state index in [0.29, 0.717) is 11.5 Å². The van der Waals surface area contributed by atoms with Crippen LogP contribution in [0.25, 0.3) is 56.0 Å². The smallest absolute Gasteiger partial charge is 0.178 e. The fourth-order valence-electron chi connectivity index (χ4n) is 4.96. The zero-order valence-corrected chi connectivity index (χ0v) is 19.5. The maximum absolute atomic E-state index is 4.76. The molecule has 36 heavy (non-hydrogen) atoms. The van der Waals surface area contributed by atoms with Gasteiger partial charge in [0.1, 0.15) is 5.69 Å². The van der Waals surface area contributed by atoms with Gasteiger partial charge >= 0.3 is 0 Å². The number of aromatic nitrogens is 8. The number of likely N-dealkylation sites (tertiary alicyclic amines) is 1. The second-order valence-electron chi connectivity index (χ2n) is 9.13. The predicted octanol–water partition coefficient (Wildman–Crippen LogP) is 4.62. The number of hydrogen-bond acceptors (Lipinski definition) is 7. The van der Waals surface area contributed by atoms with Gasteiger partial charge in [-0.2, -0.15) is 5.10 Å². The molecule has 0 aromatic carbocycles. The summed E-state index contributed by atoms with van der Waals surface area (Å²) in [5.41, 5.74) is 8.20. The minimum atomic E-state index is 0.642. The zero-order valence-electron chi connectivity index (χ0n) is 19.5. The number of rotatable bonds is 5. The van der Waals surface area contributed by atoms with Crippen LogP contribution in [-0.4, -0.2) is 58.1 Å². The Hall–Kier alpha value is -4.50. The fraction of sp³-hybridized carbons (Fsp3) is 0.185. The van der Waals surface area contributed by atoms with E-state index in [4.69, 9.17) is 4.98 Å². The van der Waals surface area contributed by atoms with Crippen molar-refractivity contribution in [1.82, 2.24) is 45.0 Å². The Morgan fingerprint density at radius 2 is 1.75 bits per heavy atom. The molecule has 0 spiro atoms. The first kappa shape index (κ1) is 20.8. The normalized spacial score (nSPS) is 14.2. The fourth-order valence-corrected chi connectivity index (χ4v) is 4.96. The molecule has 1 aliphatic heterocycles. The number of imidazole rings is 1. The lowest BCUT2D eigenvalue weighted by atomic mass is 10.1. The highest BCUT2D eigenvalue weighted by atomic mass is 15.1. The lowest BCUT2D eigenvalue weighted by Gasteiger charge is -2.14. The standard InChI is InChI=1S/C27H23N9/c1-2-10-36(9-1)16-17-11-19(14-29-13-17)22-12-21-23(15-31-22)34-35-25(21)27-32-24-20(5-8-30-26(24)33-27)18-3-6-28-7-4-18/h3-8,11-15H,1-2,9-10,16H2,(H,34,35)(H,30,32,33). The van der Waals surface area contributed by atoms with Crippen LogP contribution < -0.4 is 0 Å². The average molecular weight is 474 g/mol. The minimum Gasteiger partial charge on any atom is -0.335 e. The van der Waals surface area contributed by atoms with Crippen molar-refractivity contribution < 1.29 is 0 Å². The number of nitrogens with one attached hydrogen (secondary N) is 2. The molecule has 0 atom stereocenters. The highest BCUT2D eigenvalue weighted by Gasteiger charge is 2.17. The van der Waals surface area contributed by atoms with Gasteiger partial charge in [-0.15, -0.1) is 0 Å². The first-order valence-electron chi connectivity index (χ1n) is 12.1. The molecule has 9 nitrogen and oxygen atoms in total. The van der Waals surface area contributed by atoms with Gasteiger partial charge in [0.15, 0.2) is 11.5 Å². The number of pyridine rings is 4. The lowest BCUT2D eigenvalue weighted by Crippen LogP contribution is -2.18. The Morgan fingerprint density at radius 3 is 2.64 bits per heavy atom. The van der Waals surface area contributed by atoms with Crippen molar-refractivity contribution in [2.45, 2.75) is 19.4 Å². The molecule has 7 rings (SSSR count). The molecular weight excluding hydrogens is 450 g/mol. The Bertz CT molecular complexity index is 1680. The van der Waals surface area contributed by atoms with Crippen molar-refractivity contribution in [2.24, 2.45) is 0 Å². The van der Waals surface area contributed by atoms with Gasteiger partial charge in [0.25, 0.3) is 0 Å². The summed E-state index contributed by atoms with van der Waals surface area (Å²) in [7, 11) is 0. The molecule has 0 bridgehead atoms. The van der Waals surface area contributed by atoms with E-state index >= 15 is 0 Å². The summed E-state index contributed by atoms with van der Waals surface area (Å²) in [4.78, 5) is 28.5. The van der Waals surface area contributed by atoms with Crippen LogP contribution in [0.3, 0.4) is 0 Å². The molecule has 1 saturated heterocycles. The van der Waals surface area contributed by atoms with Crippen LogP contribution in [0.15, 0.2) is 67.5 Å². The van der Waals surface area contributed by atoms with Crippen LogP contribution in [0.2, 0.25) is 0 Å². The predicted molar refractivity (Wildman–Crippen MR) is 138 cm³/mol. The summed E-state index contributed by atoms with van der Waals surface area (Å²) in [6.07, 6.45) is 13.5. The zero-order chi connectivity index (χ0) is 23.9.